The Balaban J connectivity index is 1.81. The highest BCUT2D eigenvalue weighted by Gasteiger charge is 2.35. The van der Waals surface area contributed by atoms with E-state index in [1.54, 1.807) is 0 Å². The first kappa shape index (κ1) is 10.4. The largest absolute Gasteiger partial charge is 0.449 e. The number of carbonyl (C=O) groups excluding carboxylic acids is 1. The molecule has 1 fully saturated rings. The summed E-state index contributed by atoms with van der Waals surface area (Å²) in [6.07, 6.45) is 1.84. The molecule has 0 aromatic heterocycles. The van der Waals surface area contributed by atoms with Gasteiger partial charge in [-0.25, -0.2) is 15.2 Å². The number of hydrogen-bond donors (Lipinski definition) is 1. The number of carbonyl (C=O) groups is 1. The molecule has 0 radical (unpaired) electrons. The van der Waals surface area contributed by atoms with Gasteiger partial charge in [-0.15, -0.1) is 0 Å². The molecule has 0 bridgehead atoms. The van der Waals surface area contributed by atoms with E-state index in [4.69, 9.17) is 4.74 Å². The highest BCUT2D eigenvalue weighted by atomic mass is 16.6. The Bertz CT molecular complexity index is 496. The van der Waals surface area contributed by atoms with Gasteiger partial charge in [0.25, 0.3) is 0 Å². The van der Waals surface area contributed by atoms with Crippen molar-refractivity contribution in [2.75, 3.05) is 13.2 Å². The minimum absolute atomic E-state index is 0.135. The Labute approximate surface area is 99.8 Å². The van der Waals surface area contributed by atoms with E-state index in [0.29, 0.717) is 13.2 Å². The number of amides is 1. The van der Waals surface area contributed by atoms with E-state index >= 15 is 0 Å². The number of hydrazine groups is 1. The molecule has 88 valence electrons. The zero-order chi connectivity index (χ0) is 11.8. The predicted molar refractivity (Wildman–Crippen MR) is 64.0 cm³/mol. The van der Waals surface area contributed by atoms with Crippen LogP contribution < -0.4 is 5.43 Å². The maximum Gasteiger partial charge on any atom is 0.424 e. The lowest BCUT2D eigenvalue weighted by molar-refractivity contribution is 0.0982. The van der Waals surface area contributed by atoms with Crippen molar-refractivity contribution in [3.63, 3.8) is 0 Å². The zero-order valence-electron chi connectivity index (χ0n) is 9.64. The first-order valence-electron chi connectivity index (χ1n) is 5.79. The van der Waals surface area contributed by atoms with Crippen LogP contribution in [0.15, 0.2) is 29.8 Å². The second kappa shape index (κ2) is 3.89. The number of ether oxygens (including phenoxy) is 1. The van der Waals surface area contributed by atoms with Crippen LogP contribution in [0.3, 0.4) is 0 Å². The molecule has 1 unspecified atom stereocenters. The molecule has 0 saturated carbocycles. The minimum Gasteiger partial charge on any atom is -0.449 e. The van der Waals surface area contributed by atoms with E-state index in [-0.39, 0.29) is 12.1 Å². The minimum atomic E-state index is -0.305. The lowest BCUT2D eigenvalue weighted by Crippen LogP contribution is -2.38. The summed E-state index contributed by atoms with van der Waals surface area (Å²) in [5, 5.41) is 1.54. The lowest BCUT2D eigenvalue weighted by Gasteiger charge is -2.17. The van der Waals surface area contributed by atoms with Crippen molar-refractivity contribution < 1.29 is 9.53 Å². The lowest BCUT2D eigenvalue weighted by atomic mass is 10.1. The molecule has 1 aromatic carbocycles. The van der Waals surface area contributed by atoms with Crippen LogP contribution in [-0.4, -0.2) is 24.3 Å². The van der Waals surface area contributed by atoms with E-state index in [1.165, 1.54) is 21.7 Å². The third-order valence-electron chi connectivity index (χ3n) is 3.13. The summed E-state index contributed by atoms with van der Waals surface area (Å²) in [4.78, 5) is 11.6. The van der Waals surface area contributed by atoms with Crippen LogP contribution in [-0.2, 0) is 4.74 Å². The van der Waals surface area contributed by atoms with E-state index < -0.39 is 0 Å². The molecule has 1 aliphatic carbocycles. The topological polar surface area (TPSA) is 41.6 Å². The fourth-order valence-corrected chi connectivity index (χ4v) is 2.38. The first-order chi connectivity index (χ1) is 8.29. The molecule has 4 nitrogen and oxygen atoms in total. The molecule has 1 heterocycles. The third-order valence-corrected chi connectivity index (χ3v) is 3.13. The number of benzene rings is 1. The maximum absolute atomic E-state index is 11.6. The van der Waals surface area contributed by atoms with Gasteiger partial charge in [-0.1, -0.05) is 30.3 Å². The van der Waals surface area contributed by atoms with Gasteiger partial charge >= 0.3 is 6.09 Å². The second-order valence-corrected chi connectivity index (χ2v) is 4.20. The Morgan fingerprint density at radius 2 is 2.35 bits per heavy atom. The number of rotatable bonds is 1. The van der Waals surface area contributed by atoms with Crippen molar-refractivity contribution in [3.8, 4) is 0 Å². The molecule has 2 aliphatic rings. The molecular formula is C13H14N2O2. The number of hydrogen-bond acceptors (Lipinski definition) is 3. The van der Waals surface area contributed by atoms with Crippen molar-refractivity contribution in [1.29, 1.82) is 0 Å². The van der Waals surface area contributed by atoms with Crippen molar-refractivity contribution in [2.24, 2.45) is 0 Å². The van der Waals surface area contributed by atoms with Gasteiger partial charge in [-0.2, -0.15) is 0 Å². The van der Waals surface area contributed by atoms with Crippen LogP contribution in [0.25, 0.3) is 6.08 Å². The Morgan fingerprint density at radius 3 is 3.18 bits per heavy atom. The van der Waals surface area contributed by atoms with Crippen LogP contribution in [0, 0.1) is 0 Å². The molecule has 1 aliphatic heterocycles. The summed E-state index contributed by atoms with van der Waals surface area (Å²) < 4.78 is 4.98. The molecule has 1 saturated heterocycles. The van der Waals surface area contributed by atoms with Gasteiger partial charge in [0.15, 0.2) is 0 Å². The van der Waals surface area contributed by atoms with Gasteiger partial charge in [0.1, 0.15) is 0 Å². The average Bonchev–Trinajstić information content (AvgIpc) is 2.86. The standard InChI is InChI=1S/C13H14N2O2/c1-2-17-13(16)15-8-10-7-9-5-3-4-6-11(9)12(10)14-15/h3-7,12,14H,2,8H2,1H3. The zero-order valence-corrected chi connectivity index (χ0v) is 9.64. The average molecular weight is 230 g/mol. The monoisotopic (exact) mass is 230 g/mol. The number of nitrogens with zero attached hydrogens (tertiary/aromatic N) is 1. The fraction of sp³-hybridized carbons (Fsp3) is 0.308. The SMILES string of the molecule is CCOC(=O)N1CC2=Cc3ccccc3C2N1. The third kappa shape index (κ3) is 1.61. The molecule has 1 atom stereocenters. The number of nitrogens with one attached hydrogen (secondary N) is 1. The summed E-state index contributed by atoms with van der Waals surface area (Å²) in [5.74, 6) is 0. The van der Waals surface area contributed by atoms with Crippen molar-refractivity contribution in [3.05, 3.63) is 41.0 Å². The van der Waals surface area contributed by atoms with Gasteiger partial charge in [0, 0.05) is 0 Å². The van der Waals surface area contributed by atoms with Gasteiger partial charge in [0.2, 0.25) is 0 Å². The van der Waals surface area contributed by atoms with Crippen LogP contribution in [0.4, 0.5) is 4.79 Å². The number of fused-ring (bicyclic) bond motifs is 3. The molecule has 1 N–H and O–H groups in total. The van der Waals surface area contributed by atoms with Crippen molar-refractivity contribution in [2.45, 2.75) is 13.0 Å². The second-order valence-electron chi connectivity index (χ2n) is 4.20. The Morgan fingerprint density at radius 1 is 1.53 bits per heavy atom. The van der Waals surface area contributed by atoms with E-state index in [2.05, 4.69) is 23.6 Å². The van der Waals surface area contributed by atoms with Crippen LogP contribution in [0.5, 0.6) is 0 Å². The summed E-state index contributed by atoms with van der Waals surface area (Å²) in [5.41, 5.74) is 6.88. The normalized spacial score (nSPS) is 20.9. The molecule has 1 amide bonds. The van der Waals surface area contributed by atoms with Crippen LogP contribution >= 0.6 is 0 Å². The van der Waals surface area contributed by atoms with Crippen LogP contribution in [0.2, 0.25) is 0 Å². The molecule has 3 rings (SSSR count). The van der Waals surface area contributed by atoms with Crippen molar-refractivity contribution >= 4 is 12.2 Å². The van der Waals surface area contributed by atoms with Gasteiger partial charge < -0.3 is 4.74 Å². The highest BCUT2D eigenvalue weighted by Crippen LogP contribution is 2.38. The summed E-state index contributed by atoms with van der Waals surface area (Å²) in [6, 6.07) is 8.36. The smallest absolute Gasteiger partial charge is 0.424 e. The van der Waals surface area contributed by atoms with E-state index in [9.17, 15) is 4.79 Å². The highest BCUT2D eigenvalue weighted by molar-refractivity contribution is 5.73. The first-order valence-corrected chi connectivity index (χ1v) is 5.79. The van der Waals surface area contributed by atoms with Crippen molar-refractivity contribution in [1.82, 2.24) is 10.4 Å². The Hall–Kier alpha value is -1.81. The fourth-order valence-electron chi connectivity index (χ4n) is 2.38. The summed E-state index contributed by atoms with van der Waals surface area (Å²) in [6.45, 7) is 2.80. The van der Waals surface area contributed by atoms with Crippen LogP contribution in [0.1, 0.15) is 24.1 Å². The van der Waals surface area contributed by atoms with E-state index in [1.807, 2.05) is 19.1 Å². The molecular weight excluding hydrogens is 216 g/mol. The van der Waals surface area contributed by atoms with E-state index in [0.717, 1.165) is 0 Å². The predicted octanol–water partition coefficient (Wildman–Crippen LogP) is 2.10. The van der Waals surface area contributed by atoms with Gasteiger partial charge in [-0.3, -0.25) is 0 Å². The summed E-state index contributed by atoms with van der Waals surface area (Å²) in [7, 11) is 0. The van der Waals surface area contributed by atoms with Gasteiger partial charge in [-0.05, 0) is 23.6 Å². The molecule has 17 heavy (non-hydrogen) atoms. The molecule has 0 spiro atoms. The van der Waals surface area contributed by atoms with Gasteiger partial charge in [0.05, 0.1) is 19.2 Å². The Kier molecular flexibility index (Phi) is 2.37. The molecule has 1 aromatic rings. The maximum atomic E-state index is 11.6. The quantitative estimate of drug-likeness (QED) is 0.803. The summed E-state index contributed by atoms with van der Waals surface area (Å²) >= 11 is 0. The molecule has 4 heteroatoms.